The van der Waals surface area contributed by atoms with Crippen LogP contribution in [-0.4, -0.2) is 11.8 Å². The van der Waals surface area contributed by atoms with Gasteiger partial charge in [-0.25, -0.2) is 0 Å². The van der Waals surface area contributed by atoms with Gasteiger partial charge in [-0.05, 0) is 60.7 Å². The maximum absolute atomic E-state index is 12.1. The van der Waals surface area contributed by atoms with Gasteiger partial charge in [0.05, 0.1) is 12.8 Å². The van der Waals surface area contributed by atoms with Crippen LogP contribution in [0.1, 0.15) is 26.5 Å². The van der Waals surface area contributed by atoms with E-state index in [1.807, 2.05) is 0 Å². The molecule has 3 rings (SSSR count). The van der Waals surface area contributed by atoms with Gasteiger partial charge in [0, 0.05) is 21.8 Å². The van der Waals surface area contributed by atoms with Crippen molar-refractivity contribution in [2.45, 2.75) is 6.54 Å². The number of benzene rings is 2. The minimum Gasteiger partial charge on any atom is -0.467 e. The van der Waals surface area contributed by atoms with Gasteiger partial charge >= 0.3 is 0 Å². The van der Waals surface area contributed by atoms with Gasteiger partial charge in [0.1, 0.15) is 5.76 Å². The molecule has 1 aromatic heterocycles. The first-order chi connectivity index (χ1) is 12.1. The third kappa shape index (κ3) is 4.49. The third-order valence-electron chi connectivity index (χ3n) is 3.51. The van der Waals surface area contributed by atoms with Crippen molar-refractivity contribution < 1.29 is 14.0 Å². The predicted octanol–water partition coefficient (Wildman–Crippen LogP) is 4.12. The topological polar surface area (TPSA) is 71.3 Å². The summed E-state index contributed by atoms with van der Waals surface area (Å²) in [5.41, 5.74) is 1.60. The SMILES string of the molecule is O=C(NCc1ccco1)c1ccc(NC(=O)c2ccc(Cl)cc2)cc1. The van der Waals surface area contributed by atoms with Crippen LogP contribution in [0.3, 0.4) is 0 Å². The molecule has 3 aromatic rings. The van der Waals surface area contributed by atoms with Crippen LogP contribution >= 0.6 is 11.6 Å². The molecule has 5 nitrogen and oxygen atoms in total. The van der Waals surface area contributed by atoms with Crippen molar-refractivity contribution in [2.24, 2.45) is 0 Å². The van der Waals surface area contributed by atoms with Crippen molar-refractivity contribution in [1.29, 1.82) is 0 Å². The monoisotopic (exact) mass is 354 g/mol. The molecule has 25 heavy (non-hydrogen) atoms. The van der Waals surface area contributed by atoms with Crippen LogP contribution in [0.2, 0.25) is 5.02 Å². The van der Waals surface area contributed by atoms with E-state index >= 15 is 0 Å². The van der Waals surface area contributed by atoms with Gasteiger partial charge in [-0.2, -0.15) is 0 Å². The highest BCUT2D eigenvalue weighted by Gasteiger charge is 2.08. The molecule has 0 aliphatic rings. The molecule has 0 radical (unpaired) electrons. The molecular formula is C19H15ClN2O3. The van der Waals surface area contributed by atoms with Crippen molar-refractivity contribution in [1.82, 2.24) is 5.32 Å². The summed E-state index contributed by atoms with van der Waals surface area (Å²) < 4.78 is 5.16. The molecule has 0 fully saturated rings. The maximum Gasteiger partial charge on any atom is 0.255 e. The summed E-state index contributed by atoms with van der Waals surface area (Å²) >= 11 is 5.81. The quantitative estimate of drug-likeness (QED) is 0.724. The number of hydrogen-bond acceptors (Lipinski definition) is 3. The van der Waals surface area contributed by atoms with Crippen molar-refractivity contribution in [3.05, 3.63) is 88.8 Å². The third-order valence-corrected chi connectivity index (χ3v) is 3.77. The Kier molecular flexibility index (Phi) is 5.16. The van der Waals surface area contributed by atoms with E-state index < -0.39 is 0 Å². The Labute approximate surface area is 149 Å². The summed E-state index contributed by atoms with van der Waals surface area (Å²) in [6.07, 6.45) is 1.56. The first kappa shape index (κ1) is 16.8. The van der Waals surface area contributed by atoms with Gasteiger partial charge < -0.3 is 15.1 Å². The Bertz CT molecular complexity index is 857. The lowest BCUT2D eigenvalue weighted by Gasteiger charge is -2.07. The Morgan fingerprint density at radius 1 is 0.880 bits per heavy atom. The van der Waals surface area contributed by atoms with E-state index in [1.54, 1.807) is 66.9 Å². The highest BCUT2D eigenvalue weighted by Crippen LogP contribution is 2.14. The van der Waals surface area contributed by atoms with Crippen LogP contribution in [0, 0.1) is 0 Å². The summed E-state index contributed by atoms with van der Waals surface area (Å²) in [5, 5.41) is 6.10. The van der Waals surface area contributed by atoms with E-state index in [-0.39, 0.29) is 11.8 Å². The average molecular weight is 355 g/mol. The fraction of sp³-hybridized carbons (Fsp3) is 0.0526. The molecule has 0 bridgehead atoms. The summed E-state index contributed by atoms with van der Waals surface area (Å²) in [7, 11) is 0. The lowest BCUT2D eigenvalue weighted by molar-refractivity contribution is 0.0947. The summed E-state index contributed by atoms with van der Waals surface area (Å²) in [6.45, 7) is 0.320. The van der Waals surface area contributed by atoms with Crippen LogP contribution in [-0.2, 0) is 6.54 Å². The molecule has 1 heterocycles. The van der Waals surface area contributed by atoms with Gasteiger partial charge in [0.2, 0.25) is 0 Å². The Morgan fingerprint density at radius 2 is 1.52 bits per heavy atom. The van der Waals surface area contributed by atoms with E-state index in [0.29, 0.717) is 34.1 Å². The van der Waals surface area contributed by atoms with Crippen molar-refractivity contribution in [2.75, 3.05) is 5.32 Å². The van der Waals surface area contributed by atoms with Gasteiger partial charge in [-0.15, -0.1) is 0 Å². The van der Waals surface area contributed by atoms with Crippen molar-refractivity contribution in [3.8, 4) is 0 Å². The molecule has 2 aromatic carbocycles. The number of furan rings is 1. The number of hydrogen-bond donors (Lipinski definition) is 2. The lowest BCUT2D eigenvalue weighted by Crippen LogP contribution is -2.22. The molecule has 2 amide bonds. The Morgan fingerprint density at radius 3 is 2.16 bits per heavy atom. The molecule has 0 spiro atoms. The van der Waals surface area contributed by atoms with Crippen LogP contribution < -0.4 is 10.6 Å². The second-order valence-corrected chi connectivity index (χ2v) is 5.74. The molecule has 0 aliphatic heterocycles. The molecule has 0 saturated heterocycles. The second kappa shape index (κ2) is 7.68. The smallest absolute Gasteiger partial charge is 0.255 e. The summed E-state index contributed by atoms with van der Waals surface area (Å²) in [5.74, 6) is 0.221. The van der Waals surface area contributed by atoms with Gasteiger partial charge in [0.25, 0.3) is 11.8 Å². The first-order valence-corrected chi connectivity index (χ1v) is 7.97. The zero-order valence-corrected chi connectivity index (χ0v) is 13.9. The standard InChI is InChI=1S/C19H15ClN2O3/c20-15-7-3-14(4-8-15)19(24)22-16-9-5-13(6-10-16)18(23)21-12-17-2-1-11-25-17/h1-11H,12H2,(H,21,23)(H,22,24). The fourth-order valence-electron chi connectivity index (χ4n) is 2.19. The first-order valence-electron chi connectivity index (χ1n) is 7.59. The lowest BCUT2D eigenvalue weighted by atomic mass is 10.1. The van der Waals surface area contributed by atoms with E-state index in [9.17, 15) is 9.59 Å². The molecule has 6 heteroatoms. The predicted molar refractivity (Wildman–Crippen MR) is 95.7 cm³/mol. The average Bonchev–Trinajstić information content (AvgIpc) is 3.14. The number of halogens is 1. The van der Waals surface area contributed by atoms with E-state index in [2.05, 4.69) is 10.6 Å². The normalized spacial score (nSPS) is 10.3. The molecule has 0 atom stereocenters. The number of carbonyl (C=O) groups excluding carboxylic acids is 2. The minimum atomic E-state index is -0.244. The second-order valence-electron chi connectivity index (χ2n) is 5.30. The van der Waals surface area contributed by atoms with Crippen molar-refractivity contribution >= 4 is 29.1 Å². The molecule has 0 aliphatic carbocycles. The summed E-state index contributed by atoms with van der Waals surface area (Å²) in [4.78, 5) is 24.2. The molecule has 0 unspecified atom stereocenters. The number of anilines is 1. The molecular weight excluding hydrogens is 340 g/mol. The van der Waals surface area contributed by atoms with E-state index in [0.717, 1.165) is 0 Å². The van der Waals surface area contributed by atoms with Crippen LogP contribution in [0.15, 0.2) is 71.3 Å². The highest BCUT2D eigenvalue weighted by molar-refractivity contribution is 6.30. The Balaban J connectivity index is 1.58. The fourth-order valence-corrected chi connectivity index (χ4v) is 2.32. The Hall–Kier alpha value is -3.05. The molecule has 2 N–H and O–H groups in total. The zero-order chi connectivity index (χ0) is 17.6. The summed E-state index contributed by atoms with van der Waals surface area (Å²) in [6, 6.07) is 16.8. The van der Waals surface area contributed by atoms with Gasteiger partial charge in [0.15, 0.2) is 0 Å². The number of carbonyl (C=O) groups is 2. The largest absolute Gasteiger partial charge is 0.467 e. The van der Waals surface area contributed by atoms with Crippen LogP contribution in [0.4, 0.5) is 5.69 Å². The molecule has 126 valence electrons. The number of rotatable bonds is 5. The van der Waals surface area contributed by atoms with Crippen LogP contribution in [0.5, 0.6) is 0 Å². The maximum atomic E-state index is 12.1. The van der Waals surface area contributed by atoms with Gasteiger partial charge in [-0.3, -0.25) is 9.59 Å². The van der Waals surface area contributed by atoms with E-state index in [4.69, 9.17) is 16.0 Å². The van der Waals surface area contributed by atoms with E-state index in [1.165, 1.54) is 0 Å². The minimum absolute atomic E-state index is 0.216. The van der Waals surface area contributed by atoms with Crippen molar-refractivity contribution in [3.63, 3.8) is 0 Å². The van der Waals surface area contributed by atoms with Gasteiger partial charge in [-0.1, -0.05) is 11.6 Å². The van der Waals surface area contributed by atoms with Crippen LogP contribution in [0.25, 0.3) is 0 Å². The zero-order valence-electron chi connectivity index (χ0n) is 13.2. The number of amides is 2. The molecule has 0 saturated carbocycles. The number of nitrogens with one attached hydrogen (secondary N) is 2. The highest BCUT2D eigenvalue weighted by atomic mass is 35.5.